The lowest BCUT2D eigenvalue weighted by atomic mass is 10.2. The van der Waals surface area contributed by atoms with Crippen LogP contribution in [-0.4, -0.2) is 17.8 Å². The Labute approximate surface area is 135 Å². The number of hydrogen-bond donors (Lipinski definition) is 0. The van der Waals surface area contributed by atoms with Crippen LogP contribution in [0.5, 0.6) is 11.5 Å². The maximum atomic E-state index is 6.01. The Morgan fingerprint density at radius 2 is 1.77 bits per heavy atom. The first-order valence-electron chi connectivity index (χ1n) is 7.37. The third kappa shape index (κ3) is 3.20. The second kappa shape index (κ2) is 6.75. The Morgan fingerprint density at radius 3 is 2.55 bits per heavy atom. The normalized spacial score (nSPS) is 10.8. The van der Waals surface area contributed by atoms with Gasteiger partial charge in [0, 0.05) is 22.1 Å². The van der Waals surface area contributed by atoms with Crippen LogP contribution < -0.4 is 9.47 Å². The first-order chi connectivity index (χ1) is 10.8. The average Bonchev–Trinajstić information content (AvgIpc) is 2.91. The lowest BCUT2D eigenvalue weighted by Crippen LogP contribution is -2.08. The summed E-state index contributed by atoms with van der Waals surface area (Å²) in [6, 6.07) is 15.7. The van der Waals surface area contributed by atoms with Crippen molar-refractivity contribution >= 4 is 22.5 Å². The molecule has 3 rings (SSSR count). The number of benzene rings is 2. The predicted molar refractivity (Wildman–Crippen MR) is 90.1 cm³/mol. The summed E-state index contributed by atoms with van der Waals surface area (Å²) < 4.78 is 13.6. The first-order valence-corrected chi connectivity index (χ1v) is 7.75. The molecule has 0 radical (unpaired) electrons. The Balaban J connectivity index is 1.67. The summed E-state index contributed by atoms with van der Waals surface area (Å²) >= 11 is 6.01. The molecule has 2 aromatic carbocycles. The molecule has 0 bridgehead atoms. The monoisotopic (exact) mass is 315 g/mol. The molecule has 0 fully saturated rings. The number of hydrogen-bond acceptors (Lipinski definition) is 2. The number of nitrogens with zero attached hydrogens (tertiary/aromatic N) is 1. The molecule has 22 heavy (non-hydrogen) atoms. The fourth-order valence-corrected chi connectivity index (χ4v) is 2.64. The highest BCUT2D eigenvalue weighted by Gasteiger charge is 2.05. The minimum Gasteiger partial charge on any atom is -0.490 e. The Hall–Kier alpha value is -2.13. The number of halogens is 1. The highest BCUT2D eigenvalue weighted by atomic mass is 35.5. The predicted octanol–water partition coefficient (Wildman–Crippen LogP) is 4.77. The van der Waals surface area contributed by atoms with Crippen molar-refractivity contribution in [3.63, 3.8) is 0 Å². The number of fused-ring (bicyclic) bond motifs is 1. The van der Waals surface area contributed by atoms with Crippen molar-refractivity contribution in [2.75, 3.05) is 13.2 Å². The number of aromatic nitrogens is 1. The van der Waals surface area contributed by atoms with Gasteiger partial charge in [-0.15, -0.1) is 0 Å². The van der Waals surface area contributed by atoms with E-state index in [0.29, 0.717) is 13.2 Å². The maximum absolute atomic E-state index is 6.01. The summed E-state index contributed by atoms with van der Waals surface area (Å²) in [6.07, 6.45) is 2.05. The second-order valence-electron chi connectivity index (χ2n) is 4.94. The number of ether oxygens (including phenoxy) is 2. The van der Waals surface area contributed by atoms with Gasteiger partial charge in [0.2, 0.25) is 0 Å². The quantitative estimate of drug-likeness (QED) is 0.654. The third-order valence-corrected chi connectivity index (χ3v) is 3.71. The smallest absolute Gasteiger partial charge is 0.161 e. The molecule has 0 aliphatic rings. The zero-order valence-electron chi connectivity index (χ0n) is 12.5. The molecule has 1 heterocycles. The van der Waals surface area contributed by atoms with Crippen LogP contribution in [0.25, 0.3) is 10.9 Å². The summed E-state index contributed by atoms with van der Waals surface area (Å²) in [5, 5.41) is 1.90. The largest absolute Gasteiger partial charge is 0.490 e. The Kier molecular flexibility index (Phi) is 4.54. The molecule has 0 unspecified atom stereocenters. The van der Waals surface area contributed by atoms with Gasteiger partial charge in [0.15, 0.2) is 11.5 Å². The van der Waals surface area contributed by atoms with E-state index in [9.17, 15) is 0 Å². The molecular weight excluding hydrogens is 298 g/mol. The van der Waals surface area contributed by atoms with Crippen molar-refractivity contribution in [2.24, 2.45) is 0 Å². The van der Waals surface area contributed by atoms with Gasteiger partial charge in [-0.05, 0) is 43.3 Å². The van der Waals surface area contributed by atoms with Crippen LogP contribution in [0.1, 0.15) is 6.92 Å². The van der Waals surface area contributed by atoms with Crippen molar-refractivity contribution in [1.29, 1.82) is 0 Å². The molecule has 0 saturated carbocycles. The van der Waals surface area contributed by atoms with Gasteiger partial charge in [-0.2, -0.15) is 0 Å². The molecule has 3 nitrogen and oxygen atoms in total. The summed E-state index contributed by atoms with van der Waals surface area (Å²) in [6.45, 7) is 3.94. The molecule has 0 aliphatic heterocycles. The van der Waals surface area contributed by atoms with E-state index in [-0.39, 0.29) is 0 Å². The molecule has 0 atom stereocenters. The van der Waals surface area contributed by atoms with Crippen molar-refractivity contribution < 1.29 is 9.47 Å². The van der Waals surface area contributed by atoms with Crippen LogP contribution in [0, 0.1) is 0 Å². The standard InChI is InChI=1S/C18H18ClNO2/c1-2-21-17-5-3-4-6-18(17)22-12-11-20-10-9-14-13-15(19)7-8-16(14)20/h3-10,13H,2,11-12H2,1H3. The number of para-hydroxylation sites is 2. The molecule has 0 aliphatic carbocycles. The van der Waals surface area contributed by atoms with Crippen LogP contribution in [0.4, 0.5) is 0 Å². The van der Waals surface area contributed by atoms with E-state index in [2.05, 4.69) is 16.8 Å². The maximum Gasteiger partial charge on any atom is 0.161 e. The van der Waals surface area contributed by atoms with E-state index in [0.717, 1.165) is 34.0 Å². The first kappa shape index (κ1) is 14.8. The minimum absolute atomic E-state index is 0.580. The lowest BCUT2D eigenvalue weighted by molar-refractivity contribution is 0.268. The zero-order valence-corrected chi connectivity index (χ0v) is 13.2. The second-order valence-corrected chi connectivity index (χ2v) is 5.38. The fourth-order valence-electron chi connectivity index (χ4n) is 2.46. The highest BCUT2D eigenvalue weighted by Crippen LogP contribution is 2.26. The summed E-state index contributed by atoms with van der Waals surface area (Å²) in [4.78, 5) is 0. The van der Waals surface area contributed by atoms with Crippen molar-refractivity contribution in [2.45, 2.75) is 13.5 Å². The van der Waals surface area contributed by atoms with E-state index in [1.165, 1.54) is 0 Å². The van der Waals surface area contributed by atoms with Crippen LogP contribution >= 0.6 is 11.6 Å². The van der Waals surface area contributed by atoms with Crippen LogP contribution in [0.3, 0.4) is 0 Å². The summed E-state index contributed by atoms with van der Waals surface area (Å²) in [5.41, 5.74) is 1.16. The SMILES string of the molecule is CCOc1ccccc1OCCn1ccc2cc(Cl)ccc21. The van der Waals surface area contributed by atoms with Gasteiger partial charge in [-0.25, -0.2) is 0 Å². The van der Waals surface area contributed by atoms with Crippen molar-refractivity contribution in [3.05, 3.63) is 59.8 Å². The molecule has 0 amide bonds. The highest BCUT2D eigenvalue weighted by molar-refractivity contribution is 6.31. The minimum atomic E-state index is 0.580. The van der Waals surface area contributed by atoms with Crippen molar-refractivity contribution in [1.82, 2.24) is 4.57 Å². The molecule has 0 N–H and O–H groups in total. The average molecular weight is 316 g/mol. The molecule has 0 saturated heterocycles. The number of rotatable bonds is 6. The molecule has 3 aromatic rings. The van der Waals surface area contributed by atoms with Gasteiger partial charge in [0.05, 0.1) is 13.2 Å². The fraction of sp³-hybridized carbons (Fsp3) is 0.222. The third-order valence-electron chi connectivity index (χ3n) is 3.47. The van der Waals surface area contributed by atoms with Gasteiger partial charge < -0.3 is 14.0 Å². The van der Waals surface area contributed by atoms with Gasteiger partial charge in [-0.3, -0.25) is 0 Å². The van der Waals surface area contributed by atoms with Crippen LogP contribution in [0.2, 0.25) is 5.02 Å². The molecule has 1 aromatic heterocycles. The Morgan fingerprint density at radius 1 is 1.00 bits per heavy atom. The van der Waals surface area contributed by atoms with E-state index < -0.39 is 0 Å². The summed E-state index contributed by atoms with van der Waals surface area (Å²) in [7, 11) is 0. The molecule has 0 spiro atoms. The van der Waals surface area contributed by atoms with Crippen LogP contribution in [0.15, 0.2) is 54.7 Å². The van der Waals surface area contributed by atoms with Gasteiger partial charge >= 0.3 is 0 Å². The van der Waals surface area contributed by atoms with E-state index in [1.54, 1.807) is 0 Å². The topological polar surface area (TPSA) is 23.4 Å². The van der Waals surface area contributed by atoms with Crippen molar-refractivity contribution in [3.8, 4) is 11.5 Å². The summed E-state index contributed by atoms with van der Waals surface area (Å²) in [5.74, 6) is 1.57. The van der Waals surface area contributed by atoms with E-state index in [4.69, 9.17) is 21.1 Å². The van der Waals surface area contributed by atoms with Gasteiger partial charge in [0.1, 0.15) is 6.61 Å². The van der Waals surface area contributed by atoms with Crippen LogP contribution in [-0.2, 0) is 6.54 Å². The van der Waals surface area contributed by atoms with E-state index in [1.807, 2.05) is 49.4 Å². The lowest BCUT2D eigenvalue weighted by Gasteiger charge is -2.12. The Bertz CT molecular complexity index is 767. The van der Waals surface area contributed by atoms with Gasteiger partial charge in [-0.1, -0.05) is 23.7 Å². The van der Waals surface area contributed by atoms with Gasteiger partial charge in [0.25, 0.3) is 0 Å². The molecular formula is C18H18ClNO2. The molecule has 114 valence electrons. The zero-order chi connectivity index (χ0) is 15.4. The molecule has 4 heteroatoms. The van der Waals surface area contributed by atoms with E-state index >= 15 is 0 Å².